The molecule has 0 aliphatic rings. The van der Waals surface area contributed by atoms with E-state index in [-0.39, 0.29) is 18.6 Å². The van der Waals surface area contributed by atoms with Crippen molar-refractivity contribution in [3.63, 3.8) is 0 Å². The summed E-state index contributed by atoms with van der Waals surface area (Å²) in [5.41, 5.74) is 0. The van der Waals surface area contributed by atoms with E-state index in [1.165, 1.54) is 6.08 Å². The number of rotatable bonds is 6. The molecule has 0 heterocycles. The van der Waals surface area contributed by atoms with Crippen LogP contribution in [-0.2, 0) is 4.79 Å². The van der Waals surface area contributed by atoms with Gasteiger partial charge in [-0.2, -0.15) is 0 Å². The van der Waals surface area contributed by atoms with Crippen LogP contribution in [0.5, 0.6) is 0 Å². The van der Waals surface area contributed by atoms with Crippen LogP contribution in [0.25, 0.3) is 0 Å². The second-order valence-corrected chi connectivity index (χ2v) is 3.90. The number of nitrogens with one attached hydrogen (secondary N) is 1. The van der Waals surface area contributed by atoms with Crippen LogP contribution in [0.15, 0.2) is 24.3 Å². The highest BCUT2D eigenvalue weighted by atomic mass is 16.3. The van der Waals surface area contributed by atoms with Gasteiger partial charge in [-0.15, -0.1) is 0 Å². The van der Waals surface area contributed by atoms with Crippen LogP contribution < -0.4 is 5.32 Å². The van der Waals surface area contributed by atoms with Gasteiger partial charge in [-0.3, -0.25) is 4.79 Å². The highest BCUT2D eigenvalue weighted by Gasteiger charge is 2.10. The lowest BCUT2D eigenvalue weighted by Crippen LogP contribution is -2.37. The predicted molar refractivity (Wildman–Crippen MR) is 62.4 cm³/mol. The van der Waals surface area contributed by atoms with Crippen LogP contribution in [0.1, 0.15) is 27.2 Å². The van der Waals surface area contributed by atoms with Gasteiger partial charge in [0.1, 0.15) is 0 Å². The number of hydrogen-bond donors (Lipinski definition) is 2. The first-order valence-electron chi connectivity index (χ1n) is 5.30. The summed E-state index contributed by atoms with van der Waals surface area (Å²) in [6.07, 6.45) is 7.57. The molecule has 1 unspecified atom stereocenters. The van der Waals surface area contributed by atoms with Gasteiger partial charge in [-0.1, -0.05) is 32.1 Å². The summed E-state index contributed by atoms with van der Waals surface area (Å²) in [4.78, 5) is 11.3. The van der Waals surface area contributed by atoms with Gasteiger partial charge >= 0.3 is 0 Å². The summed E-state index contributed by atoms with van der Waals surface area (Å²) < 4.78 is 0. The molecule has 3 nitrogen and oxygen atoms in total. The molecule has 0 fully saturated rings. The molecule has 0 saturated carbocycles. The molecule has 0 saturated heterocycles. The first-order valence-corrected chi connectivity index (χ1v) is 5.30. The summed E-state index contributed by atoms with van der Waals surface area (Å²) >= 11 is 0. The Hall–Kier alpha value is -1.09. The molecular formula is C12H21NO2. The van der Waals surface area contributed by atoms with E-state index in [0.29, 0.717) is 5.92 Å². The van der Waals surface area contributed by atoms with Gasteiger partial charge in [0, 0.05) is 6.08 Å². The molecule has 0 spiro atoms. The van der Waals surface area contributed by atoms with E-state index in [1.807, 2.05) is 13.0 Å². The highest BCUT2D eigenvalue weighted by Crippen LogP contribution is 2.03. The maximum absolute atomic E-state index is 11.3. The van der Waals surface area contributed by atoms with E-state index < -0.39 is 0 Å². The molecule has 15 heavy (non-hydrogen) atoms. The third kappa shape index (κ3) is 7.94. The Balaban J connectivity index is 4.01. The molecule has 0 bridgehead atoms. The smallest absolute Gasteiger partial charge is 0.244 e. The minimum atomic E-state index is -0.159. The largest absolute Gasteiger partial charge is 0.394 e. The van der Waals surface area contributed by atoms with Crippen LogP contribution in [-0.4, -0.2) is 23.7 Å². The molecule has 0 aliphatic heterocycles. The van der Waals surface area contributed by atoms with Gasteiger partial charge in [0.25, 0.3) is 0 Å². The topological polar surface area (TPSA) is 49.3 Å². The van der Waals surface area contributed by atoms with E-state index >= 15 is 0 Å². The Morgan fingerprint density at radius 2 is 2.07 bits per heavy atom. The Bertz CT molecular complexity index is 232. The average molecular weight is 211 g/mol. The first kappa shape index (κ1) is 13.9. The molecule has 1 atom stereocenters. The standard InChI is InChI=1S/C12H21NO2/c1-4-5-6-7-12(15)13-11(9-14)8-10(2)3/h4-7,10-11,14H,8-9H2,1-3H3,(H,13,15). The summed E-state index contributed by atoms with van der Waals surface area (Å²) in [5.74, 6) is 0.301. The van der Waals surface area contributed by atoms with Gasteiger partial charge in [-0.25, -0.2) is 0 Å². The minimum absolute atomic E-state index is 0.0125. The van der Waals surface area contributed by atoms with Crippen molar-refractivity contribution < 1.29 is 9.90 Å². The molecular weight excluding hydrogens is 190 g/mol. The lowest BCUT2D eigenvalue weighted by Gasteiger charge is -2.16. The van der Waals surface area contributed by atoms with Crippen LogP contribution in [0.2, 0.25) is 0 Å². The fourth-order valence-electron chi connectivity index (χ4n) is 1.25. The SMILES string of the molecule is CC=CC=CC(=O)NC(CO)CC(C)C. The second kappa shape index (κ2) is 8.24. The van der Waals surface area contributed by atoms with Crippen LogP contribution >= 0.6 is 0 Å². The molecule has 2 N–H and O–H groups in total. The quantitative estimate of drug-likeness (QED) is 0.518. The summed E-state index contributed by atoms with van der Waals surface area (Å²) in [6, 6.07) is -0.146. The Labute approximate surface area is 91.9 Å². The molecule has 3 heteroatoms. The zero-order valence-corrected chi connectivity index (χ0v) is 9.73. The normalized spacial score (nSPS) is 13.9. The highest BCUT2D eigenvalue weighted by molar-refractivity contribution is 5.87. The molecule has 86 valence electrons. The maximum atomic E-state index is 11.3. The Morgan fingerprint density at radius 1 is 1.40 bits per heavy atom. The van der Waals surface area contributed by atoms with Crippen molar-refractivity contribution in [1.29, 1.82) is 0 Å². The van der Waals surface area contributed by atoms with Crippen molar-refractivity contribution in [1.82, 2.24) is 5.32 Å². The summed E-state index contributed by atoms with van der Waals surface area (Å²) in [6.45, 7) is 5.99. The fourth-order valence-corrected chi connectivity index (χ4v) is 1.25. The van der Waals surface area contributed by atoms with Crippen LogP contribution in [0, 0.1) is 5.92 Å². The Kier molecular flexibility index (Phi) is 7.64. The number of carbonyl (C=O) groups excluding carboxylic acids is 1. The Morgan fingerprint density at radius 3 is 2.53 bits per heavy atom. The van der Waals surface area contributed by atoms with Crippen LogP contribution in [0.4, 0.5) is 0 Å². The van der Waals surface area contributed by atoms with Crippen molar-refractivity contribution in [3.8, 4) is 0 Å². The van der Waals surface area contributed by atoms with Crippen LogP contribution in [0.3, 0.4) is 0 Å². The third-order valence-electron chi connectivity index (χ3n) is 1.87. The average Bonchev–Trinajstić information content (AvgIpc) is 2.16. The zero-order valence-electron chi connectivity index (χ0n) is 9.73. The van der Waals surface area contributed by atoms with E-state index in [4.69, 9.17) is 5.11 Å². The van der Waals surface area contributed by atoms with Gasteiger partial charge in [-0.05, 0) is 19.3 Å². The van der Waals surface area contributed by atoms with Crippen molar-refractivity contribution >= 4 is 5.91 Å². The number of allylic oxidation sites excluding steroid dienone is 3. The number of aliphatic hydroxyl groups is 1. The van der Waals surface area contributed by atoms with Crippen molar-refractivity contribution in [2.45, 2.75) is 33.2 Å². The lowest BCUT2D eigenvalue weighted by molar-refractivity contribution is -0.117. The minimum Gasteiger partial charge on any atom is -0.394 e. The van der Waals surface area contributed by atoms with E-state index in [0.717, 1.165) is 6.42 Å². The predicted octanol–water partition coefficient (Wildman–Crippen LogP) is 1.64. The molecule has 0 rings (SSSR count). The monoisotopic (exact) mass is 211 g/mol. The molecule has 1 amide bonds. The third-order valence-corrected chi connectivity index (χ3v) is 1.87. The van der Waals surface area contributed by atoms with Gasteiger partial charge in [0.05, 0.1) is 12.6 Å². The fraction of sp³-hybridized carbons (Fsp3) is 0.583. The van der Waals surface area contributed by atoms with Gasteiger partial charge in [0.15, 0.2) is 0 Å². The van der Waals surface area contributed by atoms with Gasteiger partial charge in [0.2, 0.25) is 5.91 Å². The molecule has 0 aromatic rings. The lowest BCUT2D eigenvalue weighted by atomic mass is 10.0. The first-order chi connectivity index (χ1) is 7.10. The number of hydrogen-bond acceptors (Lipinski definition) is 2. The van der Waals surface area contributed by atoms with E-state index in [1.54, 1.807) is 12.2 Å². The second-order valence-electron chi connectivity index (χ2n) is 3.90. The number of aliphatic hydroxyl groups excluding tert-OH is 1. The van der Waals surface area contributed by atoms with Crippen molar-refractivity contribution in [3.05, 3.63) is 24.3 Å². The zero-order chi connectivity index (χ0) is 11.7. The summed E-state index contributed by atoms with van der Waals surface area (Å²) in [5, 5.41) is 11.8. The van der Waals surface area contributed by atoms with E-state index in [9.17, 15) is 4.79 Å². The molecule has 0 aliphatic carbocycles. The number of carbonyl (C=O) groups is 1. The number of amides is 1. The maximum Gasteiger partial charge on any atom is 0.244 e. The van der Waals surface area contributed by atoms with Crippen molar-refractivity contribution in [2.24, 2.45) is 5.92 Å². The van der Waals surface area contributed by atoms with Gasteiger partial charge < -0.3 is 10.4 Å². The molecule has 0 aromatic heterocycles. The molecule has 0 aromatic carbocycles. The molecule has 0 radical (unpaired) electrons. The summed E-state index contributed by atoms with van der Waals surface area (Å²) in [7, 11) is 0. The van der Waals surface area contributed by atoms with Crippen molar-refractivity contribution in [2.75, 3.05) is 6.61 Å². The van der Waals surface area contributed by atoms with E-state index in [2.05, 4.69) is 19.2 Å².